The molecule has 5 heteroatoms. The number of fused-ring (bicyclic) bond motifs is 1. The molecule has 1 fully saturated rings. The van der Waals surface area contributed by atoms with Gasteiger partial charge in [-0.25, -0.2) is 0 Å². The lowest BCUT2D eigenvalue weighted by atomic mass is 10.2. The number of nitrogens with zero attached hydrogens (tertiary/aromatic N) is 2. The summed E-state index contributed by atoms with van der Waals surface area (Å²) in [4.78, 5) is 16.6. The topological polar surface area (TPSA) is 56.1 Å². The highest BCUT2D eigenvalue weighted by molar-refractivity contribution is 5.77. The summed E-state index contributed by atoms with van der Waals surface area (Å²) >= 11 is 0. The van der Waals surface area contributed by atoms with Crippen LogP contribution in [0.15, 0.2) is 29.1 Å². The first-order valence-corrected chi connectivity index (χ1v) is 6.09. The van der Waals surface area contributed by atoms with E-state index in [1.165, 1.54) is 4.57 Å². The van der Waals surface area contributed by atoms with E-state index in [1.807, 2.05) is 18.2 Å². The average Bonchev–Trinajstić information content (AvgIpc) is 2.89. The lowest BCUT2D eigenvalue weighted by molar-refractivity contribution is 0.195. The quantitative estimate of drug-likeness (QED) is 0.845. The number of benzene rings is 1. The monoisotopic (exact) mass is 245 g/mol. The van der Waals surface area contributed by atoms with Crippen molar-refractivity contribution >= 4 is 10.9 Å². The van der Waals surface area contributed by atoms with Crippen molar-refractivity contribution in [3.8, 4) is 6.01 Å². The van der Waals surface area contributed by atoms with E-state index in [0.717, 1.165) is 19.5 Å². The van der Waals surface area contributed by atoms with Crippen LogP contribution in [-0.2, 0) is 7.05 Å². The van der Waals surface area contributed by atoms with Crippen LogP contribution in [0.2, 0.25) is 0 Å². The van der Waals surface area contributed by atoms with Crippen LogP contribution in [0.25, 0.3) is 10.9 Å². The minimum Gasteiger partial charge on any atom is -0.460 e. The smallest absolute Gasteiger partial charge is 0.299 e. The average molecular weight is 245 g/mol. The van der Waals surface area contributed by atoms with Gasteiger partial charge in [0.2, 0.25) is 0 Å². The zero-order valence-electron chi connectivity index (χ0n) is 10.2. The Hall–Kier alpha value is -1.88. The fraction of sp³-hybridized carbons (Fsp3) is 0.385. The Labute approximate surface area is 104 Å². The van der Waals surface area contributed by atoms with Gasteiger partial charge in [-0.1, -0.05) is 12.1 Å². The van der Waals surface area contributed by atoms with Gasteiger partial charge in [-0.05, 0) is 25.1 Å². The van der Waals surface area contributed by atoms with Gasteiger partial charge in [0.1, 0.15) is 6.10 Å². The first-order chi connectivity index (χ1) is 8.75. The number of rotatable bonds is 2. The third-order valence-corrected chi connectivity index (χ3v) is 3.23. The van der Waals surface area contributed by atoms with Crippen molar-refractivity contribution in [2.24, 2.45) is 7.05 Å². The summed E-state index contributed by atoms with van der Waals surface area (Å²) in [6.07, 6.45) is 1.05. The molecule has 1 aromatic carbocycles. The maximum atomic E-state index is 12.2. The molecule has 94 valence electrons. The molecule has 0 aliphatic carbocycles. The number of aromatic nitrogens is 2. The Bertz CT molecular complexity index is 630. The summed E-state index contributed by atoms with van der Waals surface area (Å²) in [6.45, 7) is 1.76. The van der Waals surface area contributed by atoms with Crippen molar-refractivity contribution in [3.63, 3.8) is 0 Å². The third kappa shape index (κ3) is 1.86. The summed E-state index contributed by atoms with van der Waals surface area (Å²) in [6, 6.07) is 7.72. The molecule has 0 radical (unpaired) electrons. The standard InChI is InChI=1S/C13H15N3O2/c1-16-12(17)10-4-2-3-5-11(10)15-13(16)18-9-6-7-14-8-9/h2-5,9,14H,6-8H2,1H3. The molecule has 18 heavy (non-hydrogen) atoms. The van der Waals surface area contributed by atoms with Crippen molar-refractivity contribution in [2.75, 3.05) is 13.1 Å². The second-order valence-corrected chi connectivity index (χ2v) is 4.51. The Morgan fingerprint density at radius 2 is 2.28 bits per heavy atom. The van der Waals surface area contributed by atoms with E-state index >= 15 is 0 Å². The van der Waals surface area contributed by atoms with Crippen molar-refractivity contribution in [3.05, 3.63) is 34.6 Å². The number of hydrogen-bond acceptors (Lipinski definition) is 4. The van der Waals surface area contributed by atoms with E-state index in [1.54, 1.807) is 13.1 Å². The molecule has 1 atom stereocenters. The molecule has 0 spiro atoms. The number of hydrogen-bond donors (Lipinski definition) is 1. The van der Waals surface area contributed by atoms with E-state index in [0.29, 0.717) is 16.9 Å². The van der Waals surface area contributed by atoms with Gasteiger partial charge in [0.05, 0.1) is 10.9 Å². The fourth-order valence-electron chi connectivity index (χ4n) is 2.18. The second kappa shape index (κ2) is 4.42. The maximum Gasteiger partial charge on any atom is 0.299 e. The second-order valence-electron chi connectivity index (χ2n) is 4.51. The van der Waals surface area contributed by atoms with E-state index in [9.17, 15) is 4.79 Å². The van der Waals surface area contributed by atoms with Gasteiger partial charge in [0.15, 0.2) is 0 Å². The number of nitrogens with one attached hydrogen (secondary N) is 1. The van der Waals surface area contributed by atoms with Crippen molar-refractivity contribution in [1.82, 2.24) is 14.9 Å². The Morgan fingerprint density at radius 1 is 1.44 bits per heavy atom. The molecule has 0 amide bonds. The van der Waals surface area contributed by atoms with Gasteiger partial charge in [0, 0.05) is 13.6 Å². The molecule has 2 aromatic rings. The number of para-hydroxylation sites is 1. The molecular weight excluding hydrogens is 230 g/mol. The SMILES string of the molecule is Cn1c(OC2CCNC2)nc2ccccc2c1=O. The van der Waals surface area contributed by atoms with Gasteiger partial charge < -0.3 is 10.1 Å². The van der Waals surface area contributed by atoms with Crippen molar-refractivity contribution in [2.45, 2.75) is 12.5 Å². The van der Waals surface area contributed by atoms with Gasteiger partial charge in [0.25, 0.3) is 11.6 Å². The van der Waals surface area contributed by atoms with Crippen LogP contribution in [0.3, 0.4) is 0 Å². The minimum atomic E-state index is -0.0680. The van der Waals surface area contributed by atoms with Crippen LogP contribution in [0, 0.1) is 0 Å². The minimum absolute atomic E-state index is 0.0680. The van der Waals surface area contributed by atoms with Crippen LogP contribution in [-0.4, -0.2) is 28.7 Å². The summed E-state index contributed by atoms with van der Waals surface area (Å²) in [7, 11) is 1.69. The zero-order chi connectivity index (χ0) is 12.5. The Kier molecular flexibility index (Phi) is 2.76. The summed E-state index contributed by atoms with van der Waals surface area (Å²) < 4.78 is 7.26. The summed E-state index contributed by atoms with van der Waals surface area (Å²) in [5.41, 5.74) is 0.614. The molecule has 0 bridgehead atoms. The highest BCUT2D eigenvalue weighted by atomic mass is 16.5. The molecule has 1 aromatic heterocycles. The Balaban J connectivity index is 2.06. The largest absolute Gasteiger partial charge is 0.460 e. The van der Waals surface area contributed by atoms with Crippen LogP contribution in [0.1, 0.15) is 6.42 Å². The van der Waals surface area contributed by atoms with Gasteiger partial charge in [-0.3, -0.25) is 9.36 Å². The third-order valence-electron chi connectivity index (χ3n) is 3.23. The first-order valence-electron chi connectivity index (χ1n) is 6.09. The normalized spacial score (nSPS) is 19.3. The van der Waals surface area contributed by atoms with Crippen LogP contribution >= 0.6 is 0 Å². The molecule has 5 nitrogen and oxygen atoms in total. The molecule has 1 aliphatic rings. The van der Waals surface area contributed by atoms with E-state index < -0.39 is 0 Å². The molecule has 3 rings (SSSR count). The Morgan fingerprint density at radius 3 is 3.06 bits per heavy atom. The van der Waals surface area contributed by atoms with Gasteiger partial charge >= 0.3 is 0 Å². The lowest BCUT2D eigenvalue weighted by Gasteiger charge is -2.14. The van der Waals surface area contributed by atoms with Crippen LogP contribution in [0.5, 0.6) is 6.01 Å². The predicted molar refractivity (Wildman–Crippen MR) is 68.9 cm³/mol. The highest BCUT2D eigenvalue weighted by Crippen LogP contribution is 2.14. The lowest BCUT2D eigenvalue weighted by Crippen LogP contribution is -2.26. The van der Waals surface area contributed by atoms with Crippen LogP contribution < -0.4 is 15.6 Å². The molecular formula is C13H15N3O2. The number of ether oxygens (including phenoxy) is 1. The zero-order valence-corrected chi connectivity index (χ0v) is 10.2. The van der Waals surface area contributed by atoms with E-state index in [-0.39, 0.29) is 11.7 Å². The summed E-state index contributed by atoms with van der Waals surface area (Å²) in [5.74, 6) is 0. The maximum absolute atomic E-state index is 12.2. The fourth-order valence-corrected chi connectivity index (χ4v) is 2.18. The van der Waals surface area contributed by atoms with Gasteiger partial charge in [-0.2, -0.15) is 4.98 Å². The van der Waals surface area contributed by atoms with E-state index in [2.05, 4.69) is 10.3 Å². The molecule has 2 heterocycles. The van der Waals surface area contributed by atoms with Crippen molar-refractivity contribution in [1.29, 1.82) is 0 Å². The highest BCUT2D eigenvalue weighted by Gasteiger charge is 2.18. The predicted octanol–water partition coefficient (Wildman–Crippen LogP) is 0.674. The molecule has 1 unspecified atom stereocenters. The van der Waals surface area contributed by atoms with E-state index in [4.69, 9.17) is 4.74 Å². The van der Waals surface area contributed by atoms with Crippen LogP contribution in [0.4, 0.5) is 0 Å². The van der Waals surface area contributed by atoms with Gasteiger partial charge in [-0.15, -0.1) is 0 Å². The molecule has 1 N–H and O–H groups in total. The molecule has 1 aliphatic heterocycles. The first kappa shape index (κ1) is 11.2. The summed E-state index contributed by atoms with van der Waals surface area (Å²) in [5, 5.41) is 3.85. The van der Waals surface area contributed by atoms with Crippen molar-refractivity contribution < 1.29 is 4.74 Å². The molecule has 1 saturated heterocycles. The molecule has 0 saturated carbocycles.